The van der Waals surface area contributed by atoms with Crippen molar-refractivity contribution in [2.75, 3.05) is 5.75 Å². The number of hydrogen-bond acceptors (Lipinski definition) is 5. The third kappa shape index (κ3) is 3.12. The molecule has 23 heavy (non-hydrogen) atoms. The van der Waals surface area contributed by atoms with Crippen LogP contribution in [0.1, 0.15) is 13.8 Å². The van der Waals surface area contributed by atoms with E-state index in [0.29, 0.717) is 21.7 Å². The molecule has 0 aliphatic carbocycles. The molecule has 0 saturated heterocycles. The lowest BCUT2D eigenvalue weighted by atomic mass is 10.2. The molecule has 0 saturated carbocycles. The van der Waals surface area contributed by atoms with Gasteiger partial charge in [-0.15, -0.1) is 10.2 Å². The summed E-state index contributed by atoms with van der Waals surface area (Å²) < 4.78 is 15.3. The Hall–Kier alpha value is -2.22. The molecule has 0 spiro atoms. The first-order valence-corrected chi connectivity index (χ1v) is 8.15. The van der Waals surface area contributed by atoms with Crippen LogP contribution in [-0.4, -0.2) is 37.5 Å². The van der Waals surface area contributed by atoms with Gasteiger partial charge in [-0.3, -0.25) is 4.79 Å². The summed E-state index contributed by atoms with van der Waals surface area (Å²) in [5.41, 5.74) is 2.01. The summed E-state index contributed by atoms with van der Waals surface area (Å²) in [6, 6.07) is 4.62. The molecule has 0 atom stereocenters. The molecule has 0 radical (unpaired) electrons. The summed E-state index contributed by atoms with van der Waals surface area (Å²) in [7, 11) is 1.84. The van der Waals surface area contributed by atoms with Crippen LogP contribution in [-0.2, 0) is 11.8 Å². The summed E-state index contributed by atoms with van der Waals surface area (Å²) in [5.74, 6) is -0.173. The fourth-order valence-corrected chi connectivity index (χ4v) is 2.96. The number of carbonyl (C=O) groups is 1. The lowest BCUT2D eigenvalue weighted by Gasteiger charge is -2.07. The Balaban J connectivity index is 1.91. The second-order valence-corrected chi connectivity index (χ2v) is 6.44. The van der Waals surface area contributed by atoms with E-state index in [1.165, 1.54) is 23.9 Å². The number of hydrogen-bond donors (Lipinski definition) is 1. The van der Waals surface area contributed by atoms with Crippen molar-refractivity contribution in [1.29, 1.82) is 0 Å². The molecule has 3 rings (SSSR count). The number of amides is 1. The zero-order valence-electron chi connectivity index (χ0n) is 13.0. The van der Waals surface area contributed by atoms with Crippen LogP contribution in [0.25, 0.3) is 22.1 Å². The van der Waals surface area contributed by atoms with E-state index in [4.69, 9.17) is 0 Å². The number of nitrogens with zero attached hydrogens (tertiary/aromatic N) is 4. The van der Waals surface area contributed by atoms with Gasteiger partial charge in [-0.05, 0) is 32.0 Å². The third-order valence-electron chi connectivity index (χ3n) is 3.32. The molecule has 8 heteroatoms. The van der Waals surface area contributed by atoms with E-state index in [1.54, 1.807) is 6.07 Å². The molecular weight excluding hydrogens is 317 g/mol. The summed E-state index contributed by atoms with van der Waals surface area (Å²) in [6.45, 7) is 3.81. The van der Waals surface area contributed by atoms with Crippen molar-refractivity contribution in [1.82, 2.24) is 25.1 Å². The number of benzene rings is 1. The maximum atomic E-state index is 13.4. The van der Waals surface area contributed by atoms with Crippen molar-refractivity contribution in [2.24, 2.45) is 7.05 Å². The number of aromatic nitrogens is 4. The Kier molecular flexibility index (Phi) is 4.16. The smallest absolute Gasteiger partial charge is 0.230 e. The van der Waals surface area contributed by atoms with Crippen LogP contribution in [0.5, 0.6) is 0 Å². The molecule has 2 aromatic heterocycles. The summed E-state index contributed by atoms with van der Waals surface area (Å²) in [5, 5.41) is 12.1. The monoisotopic (exact) mass is 333 g/mol. The number of carbonyl (C=O) groups excluding carboxylic acids is 1. The minimum atomic E-state index is -0.324. The predicted molar refractivity (Wildman–Crippen MR) is 87.8 cm³/mol. The highest BCUT2D eigenvalue weighted by molar-refractivity contribution is 7.99. The van der Waals surface area contributed by atoms with Crippen LogP contribution in [0.15, 0.2) is 23.4 Å². The summed E-state index contributed by atoms with van der Waals surface area (Å²) >= 11 is 1.22. The second-order valence-electron chi connectivity index (χ2n) is 5.50. The lowest BCUT2D eigenvalue weighted by molar-refractivity contribution is -0.119. The molecule has 0 fully saturated rings. The Morgan fingerprint density at radius 3 is 2.91 bits per heavy atom. The van der Waals surface area contributed by atoms with E-state index in [-0.39, 0.29) is 23.5 Å². The second kappa shape index (κ2) is 6.11. The quantitative estimate of drug-likeness (QED) is 0.742. The van der Waals surface area contributed by atoms with Crippen LogP contribution in [0.2, 0.25) is 0 Å². The number of aryl methyl sites for hydroxylation is 1. The molecule has 0 aliphatic heterocycles. The molecule has 1 N–H and O–H groups in total. The number of nitrogens with one attached hydrogen (secondary N) is 1. The lowest BCUT2D eigenvalue weighted by Crippen LogP contribution is -2.31. The third-order valence-corrected chi connectivity index (χ3v) is 4.16. The average Bonchev–Trinajstić information content (AvgIpc) is 2.77. The highest BCUT2D eigenvalue weighted by Crippen LogP contribution is 2.26. The van der Waals surface area contributed by atoms with Crippen LogP contribution < -0.4 is 5.32 Å². The highest BCUT2D eigenvalue weighted by atomic mass is 32.2. The largest absolute Gasteiger partial charge is 0.353 e. The normalized spacial score (nSPS) is 11.5. The average molecular weight is 333 g/mol. The van der Waals surface area contributed by atoms with Crippen molar-refractivity contribution < 1.29 is 9.18 Å². The highest BCUT2D eigenvalue weighted by Gasteiger charge is 2.14. The number of rotatable bonds is 4. The zero-order valence-corrected chi connectivity index (χ0v) is 13.8. The minimum absolute atomic E-state index is 0.0761. The van der Waals surface area contributed by atoms with Gasteiger partial charge in [0.25, 0.3) is 0 Å². The molecular formula is C15H16FN5OS. The Labute approximate surface area is 136 Å². The molecule has 2 heterocycles. The topological polar surface area (TPSA) is 72.7 Å². The van der Waals surface area contributed by atoms with Gasteiger partial charge in [0.05, 0.1) is 11.3 Å². The van der Waals surface area contributed by atoms with Crippen LogP contribution in [0, 0.1) is 5.82 Å². The zero-order chi connectivity index (χ0) is 16.6. The van der Waals surface area contributed by atoms with Gasteiger partial charge < -0.3 is 9.88 Å². The van der Waals surface area contributed by atoms with Crippen LogP contribution >= 0.6 is 11.8 Å². The summed E-state index contributed by atoms with van der Waals surface area (Å²) in [6.07, 6.45) is 0. The van der Waals surface area contributed by atoms with Crippen molar-refractivity contribution in [2.45, 2.75) is 25.0 Å². The molecule has 6 nitrogen and oxygen atoms in total. The minimum Gasteiger partial charge on any atom is -0.353 e. The SMILES string of the molecule is CC(C)NC(=O)CSc1nnc2c3cc(F)ccc3n(C)c2n1. The first kappa shape index (κ1) is 15.7. The van der Waals surface area contributed by atoms with Crippen molar-refractivity contribution in [3.05, 3.63) is 24.0 Å². The molecule has 1 amide bonds. The van der Waals surface area contributed by atoms with Crippen molar-refractivity contribution >= 4 is 39.7 Å². The number of halogens is 1. The van der Waals surface area contributed by atoms with Crippen LogP contribution in [0.3, 0.4) is 0 Å². The predicted octanol–water partition coefficient (Wildman–Crippen LogP) is 2.27. The molecule has 1 aromatic carbocycles. The summed E-state index contributed by atoms with van der Waals surface area (Å²) in [4.78, 5) is 16.1. The standard InChI is InChI=1S/C15H16FN5OS/c1-8(2)17-12(22)7-23-15-18-14-13(19-20-15)10-6-9(16)4-5-11(10)21(14)3/h4-6,8H,7H2,1-3H3,(H,17,22). The fraction of sp³-hybridized carbons (Fsp3) is 0.333. The maximum absolute atomic E-state index is 13.4. The molecule has 0 aliphatic rings. The molecule has 3 aromatic rings. The van der Waals surface area contributed by atoms with E-state index in [2.05, 4.69) is 20.5 Å². The van der Waals surface area contributed by atoms with E-state index >= 15 is 0 Å². The van der Waals surface area contributed by atoms with Gasteiger partial charge in [-0.1, -0.05) is 11.8 Å². The van der Waals surface area contributed by atoms with E-state index < -0.39 is 0 Å². The van der Waals surface area contributed by atoms with Gasteiger partial charge in [0.15, 0.2) is 5.65 Å². The Morgan fingerprint density at radius 1 is 1.39 bits per heavy atom. The maximum Gasteiger partial charge on any atom is 0.230 e. The fourth-order valence-electron chi connectivity index (χ4n) is 2.37. The van der Waals surface area contributed by atoms with Crippen LogP contribution in [0.4, 0.5) is 4.39 Å². The van der Waals surface area contributed by atoms with E-state index in [0.717, 1.165) is 5.52 Å². The molecule has 120 valence electrons. The van der Waals surface area contributed by atoms with E-state index in [1.807, 2.05) is 25.5 Å². The van der Waals surface area contributed by atoms with Crippen molar-refractivity contribution in [3.63, 3.8) is 0 Å². The van der Waals surface area contributed by atoms with Gasteiger partial charge in [0.1, 0.15) is 11.3 Å². The van der Waals surface area contributed by atoms with Gasteiger partial charge in [-0.2, -0.15) is 0 Å². The Morgan fingerprint density at radius 2 is 2.17 bits per heavy atom. The van der Waals surface area contributed by atoms with Gasteiger partial charge >= 0.3 is 0 Å². The van der Waals surface area contributed by atoms with Gasteiger partial charge in [0.2, 0.25) is 11.1 Å². The van der Waals surface area contributed by atoms with E-state index in [9.17, 15) is 9.18 Å². The molecule has 0 bridgehead atoms. The van der Waals surface area contributed by atoms with Gasteiger partial charge in [-0.25, -0.2) is 9.37 Å². The van der Waals surface area contributed by atoms with Crippen molar-refractivity contribution in [3.8, 4) is 0 Å². The Bertz CT molecular complexity index is 892. The number of thioether (sulfide) groups is 1. The van der Waals surface area contributed by atoms with Gasteiger partial charge in [0, 0.05) is 18.5 Å². The number of fused-ring (bicyclic) bond motifs is 3. The first-order valence-electron chi connectivity index (χ1n) is 7.16. The molecule has 0 unspecified atom stereocenters. The first-order chi connectivity index (χ1) is 11.0.